The Kier molecular flexibility index (Phi) is 4.38. The van der Waals surface area contributed by atoms with Gasteiger partial charge in [-0.2, -0.15) is 0 Å². The highest BCUT2D eigenvalue weighted by atomic mass is 79.9. The third-order valence-corrected chi connectivity index (χ3v) is 5.01. The van der Waals surface area contributed by atoms with Crippen LogP contribution in [-0.2, 0) is 11.2 Å². The van der Waals surface area contributed by atoms with E-state index in [0.29, 0.717) is 5.92 Å². The van der Waals surface area contributed by atoms with Crippen molar-refractivity contribution in [3.05, 3.63) is 20.8 Å². The standard InChI is InChI=1S/C11H17BrN2OS/c1-15-11(7-2-3-7)9(14-13)6-10-8(12)4-5-16-10/h4-5,7,9,11,14H,2-3,6,13H2,1H3. The first kappa shape index (κ1) is 12.5. The first-order valence-corrected chi connectivity index (χ1v) is 7.14. The van der Waals surface area contributed by atoms with Crippen LogP contribution in [0.5, 0.6) is 0 Å². The summed E-state index contributed by atoms with van der Waals surface area (Å²) in [6.07, 6.45) is 3.69. The Bertz CT molecular complexity index is 340. The molecule has 1 aliphatic rings. The minimum atomic E-state index is 0.201. The first-order chi connectivity index (χ1) is 7.76. The lowest BCUT2D eigenvalue weighted by Crippen LogP contribution is -2.47. The molecule has 1 heterocycles. The summed E-state index contributed by atoms with van der Waals surface area (Å²) in [7, 11) is 1.77. The fourth-order valence-corrected chi connectivity index (χ4v) is 3.62. The molecule has 16 heavy (non-hydrogen) atoms. The largest absolute Gasteiger partial charge is 0.379 e. The molecule has 3 nitrogen and oxygen atoms in total. The molecule has 0 aliphatic heterocycles. The van der Waals surface area contributed by atoms with Crippen LogP contribution in [0, 0.1) is 5.92 Å². The van der Waals surface area contributed by atoms with Gasteiger partial charge in [-0.25, -0.2) is 0 Å². The molecule has 1 saturated carbocycles. The molecule has 1 fully saturated rings. The molecule has 1 aliphatic carbocycles. The highest BCUT2D eigenvalue weighted by Gasteiger charge is 2.36. The van der Waals surface area contributed by atoms with Gasteiger partial charge in [0.05, 0.1) is 12.1 Å². The van der Waals surface area contributed by atoms with E-state index in [1.807, 2.05) is 0 Å². The van der Waals surface area contributed by atoms with Crippen molar-refractivity contribution in [2.75, 3.05) is 7.11 Å². The number of hydrogen-bond donors (Lipinski definition) is 2. The molecule has 0 amide bonds. The van der Waals surface area contributed by atoms with Crippen molar-refractivity contribution < 1.29 is 4.74 Å². The number of hydrogen-bond acceptors (Lipinski definition) is 4. The lowest BCUT2D eigenvalue weighted by molar-refractivity contribution is 0.0513. The lowest BCUT2D eigenvalue weighted by atomic mass is 10.0. The molecule has 0 aromatic carbocycles. The number of rotatable bonds is 6. The Morgan fingerprint density at radius 1 is 1.69 bits per heavy atom. The van der Waals surface area contributed by atoms with Gasteiger partial charge in [0.1, 0.15) is 0 Å². The molecule has 1 aromatic heterocycles. The molecule has 2 rings (SSSR count). The van der Waals surface area contributed by atoms with E-state index in [2.05, 4.69) is 32.8 Å². The van der Waals surface area contributed by atoms with E-state index < -0.39 is 0 Å². The summed E-state index contributed by atoms with van der Waals surface area (Å²) >= 11 is 5.30. The summed E-state index contributed by atoms with van der Waals surface area (Å²) in [5, 5.41) is 2.09. The maximum absolute atomic E-state index is 5.64. The van der Waals surface area contributed by atoms with Gasteiger partial charge in [-0.05, 0) is 46.1 Å². The first-order valence-electron chi connectivity index (χ1n) is 5.47. The minimum absolute atomic E-state index is 0.201. The summed E-state index contributed by atoms with van der Waals surface area (Å²) in [5.74, 6) is 6.33. The predicted molar refractivity (Wildman–Crippen MR) is 70.4 cm³/mol. The smallest absolute Gasteiger partial charge is 0.0769 e. The van der Waals surface area contributed by atoms with Gasteiger partial charge in [0.2, 0.25) is 0 Å². The summed E-state index contributed by atoms with van der Waals surface area (Å²) in [4.78, 5) is 1.32. The van der Waals surface area contributed by atoms with Gasteiger partial charge >= 0.3 is 0 Å². The van der Waals surface area contributed by atoms with Crippen molar-refractivity contribution in [3.63, 3.8) is 0 Å². The fraction of sp³-hybridized carbons (Fsp3) is 0.636. The molecular weight excluding hydrogens is 288 g/mol. The molecule has 0 saturated heterocycles. The number of ether oxygens (including phenoxy) is 1. The van der Waals surface area contributed by atoms with Crippen LogP contribution in [0.2, 0.25) is 0 Å². The van der Waals surface area contributed by atoms with Crippen molar-refractivity contribution in [2.45, 2.75) is 31.4 Å². The molecule has 5 heteroatoms. The van der Waals surface area contributed by atoms with E-state index in [-0.39, 0.29) is 12.1 Å². The zero-order chi connectivity index (χ0) is 11.5. The number of nitrogens with one attached hydrogen (secondary N) is 1. The van der Waals surface area contributed by atoms with E-state index >= 15 is 0 Å². The summed E-state index contributed by atoms with van der Waals surface area (Å²) in [5.41, 5.74) is 2.90. The number of nitrogens with two attached hydrogens (primary N) is 1. The summed E-state index contributed by atoms with van der Waals surface area (Å²) in [6.45, 7) is 0. The van der Waals surface area contributed by atoms with Gasteiger partial charge in [0, 0.05) is 22.9 Å². The Morgan fingerprint density at radius 3 is 2.88 bits per heavy atom. The summed E-state index contributed by atoms with van der Waals surface area (Å²) in [6, 6.07) is 2.28. The zero-order valence-electron chi connectivity index (χ0n) is 9.28. The molecule has 0 radical (unpaired) electrons. The Hall–Kier alpha value is 0.0600. The quantitative estimate of drug-likeness (QED) is 0.626. The average Bonchev–Trinajstić information content (AvgIpc) is 3.04. The van der Waals surface area contributed by atoms with Crippen molar-refractivity contribution in [3.8, 4) is 0 Å². The molecular formula is C11H17BrN2OS. The molecule has 2 atom stereocenters. The van der Waals surface area contributed by atoms with E-state index in [4.69, 9.17) is 10.6 Å². The highest BCUT2D eigenvalue weighted by Crippen LogP contribution is 2.36. The second-order valence-corrected chi connectivity index (χ2v) is 6.06. The van der Waals surface area contributed by atoms with E-state index in [0.717, 1.165) is 6.42 Å². The number of thiophene rings is 1. The molecule has 3 N–H and O–H groups in total. The summed E-state index contributed by atoms with van der Waals surface area (Å²) < 4.78 is 6.73. The van der Waals surface area contributed by atoms with E-state index in [1.165, 1.54) is 22.2 Å². The van der Waals surface area contributed by atoms with Gasteiger partial charge in [0.15, 0.2) is 0 Å². The Morgan fingerprint density at radius 2 is 2.44 bits per heavy atom. The van der Waals surface area contributed by atoms with Gasteiger partial charge < -0.3 is 4.74 Å². The molecule has 1 aromatic rings. The normalized spacial score (nSPS) is 19.7. The van der Waals surface area contributed by atoms with Gasteiger partial charge in [-0.15, -0.1) is 11.3 Å². The predicted octanol–water partition coefficient (Wildman–Crippen LogP) is 2.31. The van der Waals surface area contributed by atoms with Crippen LogP contribution in [0.3, 0.4) is 0 Å². The van der Waals surface area contributed by atoms with Gasteiger partial charge in [-0.1, -0.05) is 0 Å². The van der Waals surface area contributed by atoms with E-state index in [1.54, 1.807) is 18.4 Å². The van der Waals surface area contributed by atoms with Crippen molar-refractivity contribution in [2.24, 2.45) is 11.8 Å². The maximum atomic E-state index is 5.64. The number of methoxy groups -OCH3 is 1. The van der Waals surface area contributed by atoms with Crippen LogP contribution in [-0.4, -0.2) is 19.3 Å². The van der Waals surface area contributed by atoms with Crippen LogP contribution >= 0.6 is 27.3 Å². The molecule has 2 unspecified atom stereocenters. The molecule has 0 bridgehead atoms. The second kappa shape index (κ2) is 5.60. The van der Waals surface area contributed by atoms with E-state index in [9.17, 15) is 0 Å². The monoisotopic (exact) mass is 304 g/mol. The van der Waals surface area contributed by atoms with Crippen molar-refractivity contribution in [1.29, 1.82) is 0 Å². The van der Waals surface area contributed by atoms with Crippen LogP contribution in [0.4, 0.5) is 0 Å². The average molecular weight is 305 g/mol. The SMILES string of the molecule is COC(C1CC1)C(Cc1sccc1Br)NN. The van der Waals surface area contributed by atoms with Crippen molar-refractivity contribution >= 4 is 27.3 Å². The second-order valence-electron chi connectivity index (χ2n) is 4.21. The lowest BCUT2D eigenvalue weighted by Gasteiger charge is -2.25. The van der Waals surface area contributed by atoms with Crippen LogP contribution < -0.4 is 11.3 Å². The maximum Gasteiger partial charge on any atom is 0.0769 e. The molecule has 90 valence electrons. The Labute approximate surface area is 108 Å². The fourth-order valence-electron chi connectivity index (χ4n) is 2.05. The minimum Gasteiger partial charge on any atom is -0.379 e. The third-order valence-electron chi connectivity index (χ3n) is 3.07. The zero-order valence-corrected chi connectivity index (χ0v) is 11.7. The third kappa shape index (κ3) is 2.84. The van der Waals surface area contributed by atoms with Crippen molar-refractivity contribution in [1.82, 2.24) is 5.43 Å². The Balaban J connectivity index is 2.01. The number of hydrazine groups is 1. The van der Waals surface area contributed by atoms with Gasteiger partial charge in [0.25, 0.3) is 0 Å². The molecule has 0 spiro atoms. The topological polar surface area (TPSA) is 47.3 Å². The van der Waals surface area contributed by atoms with Crippen LogP contribution in [0.1, 0.15) is 17.7 Å². The van der Waals surface area contributed by atoms with Crippen LogP contribution in [0.15, 0.2) is 15.9 Å². The van der Waals surface area contributed by atoms with Gasteiger partial charge in [-0.3, -0.25) is 11.3 Å². The van der Waals surface area contributed by atoms with Crippen LogP contribution in [0.25, 0.3) is 0 Å². The highest BCUT2D eigenvalue weighted by molar-refractivity contribution is 9.10. The number of halogens is 1.